The van der Waals surface area contributed by atoms with Gasteiger partial charge in [-0.25, -0.2) is 0 Å². The summed E-state index contributed by atoms with van der Waals surface area (Å²) in [6.45, 7) is 2.04. The topological polar surface area (TPSA) is 78.9 Å². The van der Waals surface area contributed by atoms with E-state index in [1.807, 2.05) is 30.3 Å². The molecule has 0 saturated heterocycles. The van der Waals surface area contributed by atoms with E-state index in [0.717, 1.165) is 16.0 Å². The van der Waals surface area contributed by atoms with Crippen LogP contribution in [-0.2, 0) is 6.42 Å². The Morgan fingerprint density at radius 1 is 1.25 bits per heavy atom. The van der Waals surface area contributed by atoms with Crippen LogP contribution in [0.1, 0.15) is 32.5 Å². The third kappa shape index (κ3) is 4.37. The highest BCUT2D eigenvalue weighted by Crippen LogP contribution is 2.41. The van der Waals surface area contributed by atoms with Crippen molar-refractivity contribution in [2.45, 2.75) is 19.4 Å². The maximum absolute atomic E-state index is 13.2. The molecule has 0 fully saturated rings. The highest BCUT2D eigenvalue weighted by atomic mass is 35.5. The van der Waals surface area contributed by atoms with Crippen molar-refractivity contribution in [3.05, 3.63) is 69.6 Å². The van der Waals surface area contributed by atoms with Crippen LogP contribution in [0.2, 0.25) is 5.02 Å². The quantitative estimate of drug-likeness (QED) is 0.579. The van der Waals surface area contributed by atoms with E-state index in [2.05, 4.69) is 5.32 Å². The molecule has 1 atom stereocenters. The molecule has 0 unspecified atom stereocenters. The lowest BCUT2D eigenvalue weighted by molar-refractivity contribution is 0.0921. The van der Waals surface area contributed by atoms with Crippen molar-refractivity contribution in [3.8, 4) is 16.2 Å². The molecule has 2 N–H and O–H groups in total. The van der Waals surface area contributed by atoms with Crippen LogP contribution in [-0.4, -0.2) is 43.2 Å². The SMILES string of the molecule is C[C@@H](CO)NC(=O)c1ccc2c(c1)OCCc1cc(C(=O)N(C)c3ccccc3Cl)sc1-2. The number of benzene rings is 2. The Balaban J connectivity index is 1.64. The van der Waals surface area contributed by atoms with Crippen LogP contribution >= 0.6 is 22.9 Å². The molecule has 0 spiro atoms. The molecule has 6 nitrogen and oxygen atoms in total. The van der Waals surface area contributed by atoms with Crippen LogP contribution in [0.15, 0.2) is 48.5 Å². The number of thiophene rings is 1. The molecule has 166 valence electrons. The summed E-state index contributed by atoms with van der Waals surface area (Å²) >= 11 is 7.68. The smallest absolute Gasteiger partial charge is 0.268 e. The summed E-state index contributed by atoms with van der Waals surface area (Å²) in [7, 11) is 1.71. The standard InChI is InChI=1S/C24H23ClN2O4S/c1-14(13-28)26-23(29)16-7-8-17-20(11-16)31-10-9-15-12-21(32-22(15)17)24(30)27(2)19-6-4-3-5-18(19)25/h3-8,11-12,14,28H,9-10,13H2,1-2H3,(H,26,29)/t14-/m0/s1. The molecule has 1 aliphatic rings. The van der Waals surface area contributed by atoms with Gasteiger partial charge in [0.1, 0.15) is 5.75 Å². The zero-order valence-corrected chi connectivity index (χ0v) is 19.3. The summed E-state index contributed by atoms with van der Waals surface area (Å²) in [4.78, 5) is 28.7. The van der Waals surface area contributed by atoms with Gasteiger partial charge in [-0.3, -0.25) is 9.59 Å². The fourth-order valence-corrected chi connectivity index (χ4v) is 5.02. The molecule has 0 bridgehead atoms. The van der Waals surface area contributed by atoms with Crippen LogP contribution in [0, 0.1) is 0 Å². The number of rotatable bonds is 5. The van der Waals surface area contributed by atoms with Crippen molar-refractivity contribution in [3.63, 3.8) is 0 Å². The van der Waals surface area contributed by atoms with Crippen molar-refractivity contribution in [2.24, 2.45) is 0 Å². The van der Waals surface area contributed by atoms with Gasteiger partial charge in [0.2, 0.25) is 0 Å². The fraction of sp³-hybridized carbons (Fsp3) is 0.250. The molecule has 0 saturated carbocycles. The largest absolute Gasteiger partial charge is 0.493 e. The first kappa shape index (κ1) is 22.3. The van der Waals surface area contributed by atoms with Crippen LogP contribution in [0.4, 0.5) is 5.69 Å². The first-order valence-electron chi connectivity index (χ1n) is 10.2. The van der Waals surface area contributed by atoms with Gasteiger partial charge in [-0.1, -0.05) is 23.7 Å². The number of halogens is 1. The third-order valence-electron chi connectivity index (χ3n) is 5.31. The summed E-state index contributed by atoms with van der Waals surface area (Å²) in [6.07, 6.45) is 0.659. The number of hydrogen-bond donors (Lipinski definition) is 2. The predicted octanol–water partition coefficient (Wildman–Crippen LogP) is 4.39. The monoisotopic (exact) mass is 470 g/mol. The second-order valence-electron chi connectivity index (χ2n) is 7.65. The van der Waals surface area contributed by atoms with E-state index >= 15 is 0 Å². The van der Waals surface area contributed by atoms with Gasteiger partial charge < -0.3 is 20.1 Å². The van der Waals surface area contributed by atoms with E-state index in [9.17, 15) is 9.59 Å². The second-order valence-corrected chi connectivity index (χ2v) is 9.11. The molecule has 0 aliphatic carbocycles. The summed E-state index contributed by atoms with van der Waals surface area (Å²) in [6, 6.07) is 14.1. The maximum Gasteiger partial charge on any atom is 0.268 e. The number of hydrogen-bond acceptors (Lipinski definition) is 5. The summed E-state index contributed by atoms with van der Waals surface area (Å²) < 4.78 is 5.91. The van der Waals surface area contributed by atoms with Gasteiger partial charge in [-0.2, -0.15) is 0 Å². The first-order valence-corrected chi connectivity index (χ1v) is 11.4. The Hall–Kier alpha value is -2.87. The minimum atomic E-state index is -0.338. The minimum Gasteiger partial charge on any atom is -0.493 e. The number of aliphatic hydroxyl groups is 1. The number of nitrogens with zero attached hydrogens (tertiary/aromatic N) is 1. The molecular weight excluding hydrogens is 448 g/mol. The summed E-state index contributed by atoms with van der Waals surface area (Å²) in [5, 5.41) is 12.4. The highest BCUT2D eigenvalue weighted by Gasteiger charge is 2.25. The van der Waals surface area contributed by atoms with E-state index in [-0.39, 0.29) is 24.5 Å². The number of aliphatic hydroxyl groups excluding tert-OH is 1. The molecule has 2 heterocycles. The van der Waals surface area contributed by atoms with Crippen molar-refractivity contribution in [1.82, 2.24) is 5.32 Å². The Morgan fingerprint density at radius 3 is 2.78 bits per heavy atom. The molecule has 2 amide bonds. The number of ether oxygens (including phenoxy) is 1. The van der Waals surface area contributed by atoms with Gasteiger partial charge in [0.25, 0.3) is 11.8 Å². The Bertz CT molecular complexity index is 1180. The number of amides is 2. The summed E-state index contributed by atoms with van der Waals surface area (Å²) in [5.74, 6) is 0.201. The lowest BCUT2D eigenvalue weighted by Gasteiger charge is -2.17. The maximum atomic E-state index is 13.2. The molecule has 32 heavy (non-hydrogen) atoms. The first-order chi connectivity index (χ1) is 15.4. The van der Waals surface area contributed by atoms with Gasteiger partial charge in [0.15, 0.2) is 0 Å². The zero-order valence-electron chi connectivity index (χ0n) is 17.7. The third-order valence-corrected chi connectivity index (χ3v) is 6.83. The Morgan fingerprint density at radius 2 is 2.03 bits per heavy atom. The molecule has 3 aromatic rings. The molecular formula is C24H23ClN2O4S. The van der Waals surface area contributed by atoms with E-state index < -0.39 is 0 Å². The van der Waals surface area contributed by atoms with E-state index in [0.29, 0.717) is 39.9 Å². The van der Waals surface area contributed by atoms with Crippen LogP contribution < -0.4 is 15.0 Å². The van der Waals surface area contributed by atoms with E-state index in [1.54, 1.807) is 37.1 Å². The van der Waals surface area contributed by atoms with Gasteiger partial charge in [-0.05, 0) is 48.9 Å². The van der Waals surface area contributed by atoms with E-state index in [1.165, 1.54) is 11.3 Å². The Kier molecular flexibility index (Phi) is 6.50. The van der Waals surface area contributed by atoms with Gasteiger partial charge in [-0.15, -0.1) is 11.3 Å². The number of nitrogens with one attached hydrogen (secondary N) is 1. The van der Waals surface area contributed by atoms with Gasteiger partial charge in [0.05, 0.1) is 28.8 Å². The predicted molar refractivity (Wildman–Crippen MR) is 127 cm³/mol. The number of carbonyl (C=O) groups excluding carboxylic acids is 2. The van der Waals surface area contributed by atoms with Gasteiger partial charge >= 0.3 is 0 Å². The van der Waals surface area contributed by atoms with Gasteiger partial charge in [0, 0.05) is 35.5 Å². The average Bonchev–Trinajstić information content (AvgIpc) is 3.14. The highest BCUT2D eigenvalue weighted by molar-refractivity contribution is 7.17. The van der Waals surface area contributed by atoms with Crippen molar-refractivity contribution >= 4 is 40.4 Å². The molecule has 2 aromatic carbocycles. The number of para-hydroxylation sites is 1. The normalized spacial score (nSPS) is 13.2. The number of carbonyl (C=O) groups is 2. The van der Waals surface area contributed by atoms with E-state index in [4.69, 9.17) is 21.4 Å². The molecule has 0 radical (unpaired) electrons. The molecule has 4 rings (SSSR count). The molecule has 8 heteroatoms. The average molecular weight is 471 g/mol. The number of fused-ring (bicyclic) bond motifs is 3. The van der Waals surface area contributed by atoms with Crippen LogP contribution in [0.5, 0.6) is 5.75 Å². The van der Waals surface area contributed by atoms with Crippen molar-refractivity contribution in [1.29, 1.82) is 0 Å². The van der Waals surface area contributed by atoms with Crippen LogP contribution in [0.25, 0.3) is 10.4 Å². The Labute approximate surface area is 195 Å². The lowest BCUT2D eigenvalue weighted by Crippen LogP contribution is -2.34. The fourth-order valence-electron chi connectivity index (χ4n) is 3.54. The molecule has 1 aliphatic heterocycles. The van der Waals surface area contributed by atoms with Crippen molar-refractivity contribution in [2.75, 3.05) is 25.2 Å². The molecule has 1 aromatic heterocycles. The van der Waals surface area contributed by atoms with Crippen molar-refractivity contribution < 1.29 is 19.4 Å². The summed E-state index contributed by atoms with van der Waals surface area (Å²) in [5.41, 5.74) is 3.00. The van der Waals surface area contributed by atoms with Crippen LogP contribution in [0.3, 0.4) is 0 Å². The zero-order chi connectivity index (χ0) is 22.8. The second kappa shape index (κ2) is 9.32. The minimum absolute atomic E-state index is 0.132. The lowest BCUT2D eigenvalue weighted by atomic mass is 10.0. The number of anilines is 1.